The van der Waals surface area contributed by atoms with Gasteiger partial charge >= 0.3 is 5.97 Å². The molecular formula is C10H22N2O2. The SMILES string of the molecule is CCCOC(=O)C(C)CNC(C)CN. The molecule has 0 saturated carbocycles. The third-order valence-electron chi connectivity index (χ3n) is 1.98. The summed E-state index contributed by atoms with van der Waals surface area (Å²) in [6.45, 7) is 7.54. The fraction of sp³-hybridized carbons (Fsp3) is 0.900. The van der Waals surface area contributed by atoms with Gasteiger partial charge in [-0.3, -0.25) is 4.79 Å². The summed E-state index contributed by atoms with van der Waals surface area (Å²) in [6, 6.07) is 0.247. The summed E-state index contributed by atoms with van der Waals surface area (Å²) in [6.07, 6.45) is 0.866. The Morgan fingerprint density at radius 2 is 2.14 bits per heavy atom. The molecule has 2 atom stereocenters. The molecule has 2 unspecified atom stereocenters. The Hall–Kier alpha value is -0.610. The van der Waals surface area contributed by atoms with E-state index in [0.29, 0.717) is 19.7 Å². The maximum absolute atomic E-state index is 11.3. The maximum atomic E-state index is 11.3. The minimum Gasteiger partial charge on any atom is -0.465 e. The zero-order valence-electron chi connectivity index (χ0n) is 9.38. The molecule has 0 aliphatic heterocycles. The van der Waals surface area contributed by atoms with Gasteiger partial charge in [-0.05, 0) is 13.3 Å². The Kier molecular flexibility index (Phi) is 7.42. The van der Waals surface area contributed by atoms with E-state index < -0.39 is 0 Å². The van der Waals surface area contributed by atoms with E-state index in [2.05, 4.69) is 5.32 Å². The molecule has 14 heavy (non-hydrogen) atoms. The Labute approximate surface area is 86.2 Å². The van der Waals surface area contributed by atoms with Crippen LogP contribution in [0.5, 0.6) is 0 Å². The minimum absolute atomic E-state index is 0.101. The monoisotopic (exact) mass is 202 g/mol. The number of nitrogens with two attached hydrogens (primary N) is 1. The average Bonchev–Trinajstić information content (AvgIpc) is 2.21. The van der Waals surface area contributed by atoms with Crippen LogP contribution in [0.15, 0.2) is 0 Å². The second-order valence-corrected chi connectivity index (χ2v) is 3.61. The van der Waals surface area contributed by atoms with Gasteiger partial charge in [0.15, 0.2) is 0 Å². The molecule has 0 aromatic carbocycles. The number of hydrogen-bond acceptors (Lipinski definition) is 4. The van der Waals surface area contributed by atoms with Crippen molar-refractivity contribution in [2.75, 3.05) is 19.7 Å². The normalized spacial score (nSPS) is 14.9. The van der Waals surface area contributed by atoms with Crippen molar-refractivity contribution >= 4 is 5.97 Å². The van der Waals surface area contributed by atoms with Crippen molar-refractivity contribution < 1.29 is 9.53 Å². The standard InChI is InChI=1S/C10H22N2O2/c1-4-5-14-10(13)8(2)7-12-9(3)6-11/h8-9,12H,4-7,11H2,1-3H3. The molecule has 0 heterocycles. The van der Waals surface area contributed by atoms with Crippen molar-refractivity contribution in [3.05, 3.63) is 0 Å². The summed E-state index contributed by atoms with van der Waals surface area (Å²) in [5, 5.41) is 3.16. The van der Waals surface area contributed by atoms with E-state index in [-0.39, 0.29) is 17.9 Å². The number of ether oxygens (including phenoxy) is 1. The first-order valence-electron chi connectivity index (χ1n) is 5.21. The van der Waals surface area contributed by atoms with Gasteiger partial charge in [-0.2, -0.15) is 0 Å². The molecule has 0 rings (SSSR count). The highest BCUT2D eigenvalue weighted by molar-refractivity contribution is 5.72. The summed E-state index contributed by atoms with van der Waals surface area (Å²) in [4.78, 5) is 11.3. The fourth-order valence-electron chi connectivity index (χ4n) is 0.890. The van der Waals surface area contributed by atoms with Crippen molar-refractivity contribution in [1.29, 1.82) is 0 Å². The molecule has 3 N–H and O–H groups in total. The summed E-state index contributed by atoms with van der Waals surface area (Å²) in [5.41, 5.74) is 5.44. The van der Waals surface area contributed by atoms with E-state index in [1.165, 1.54) is 0 Å². The van der Waals surface area contributed by atoms with Crippen LogP contribution in [0.3, 0.4) is 0 Å². The second-order valence-electron chi connectivity index (χ2n) is 3.61. The van der Waals surface area contributed by atoms with Crippen LogP contribution < -0.4 is 11.1 Å². The number of rotatable bonds is 7. The van der Waals surface area contributed by atoms with Crippen LogP contribution in [0.2, 0.25) is 0 Å². The van der Waals surface area contributed by atoms with E-state index in [0.717, 1.165) is 6.42 Å². The van der Waals surface area contributed by atoms with Gasteiger partial charge in [-0.15, -0.1) is 0 Å². The first-order valence-corrected chi connectivity index (χ1v) is 5.21. The van der Waals surface area contributed by atoms with Gasteiger partial charge in [0, 0.05) is 19.1 Å². The Morgan fingerprint density at radius 1 is 1.50 bits per heavy atom. The lowest BCUT2D eigenvalue weighted by Crippen LogP contribution is -2.38. The third-order valence-corrected chi connectivity index (χ3v) is 1.98. The molecule has 0 bridgehead atoms. The Morgan fingerprint density at radius 3 is 2.64 bits per heavy atom. The van der Waals surface area contributed by atoms with Crippen LogP contribution in [0.1, 0.15) is 27.2 Å². The first-order chi connectivity index (χ1) is 6.61. The van der Waals surface area contributed by atoms with E-state index in [9.17, 15) is 4.79 Å². The number of nitrogens with one attached hydrogen (secondary N) is 1. The molecule has 4 heteroatoms. The van der Waals surface area contributed by atoms with Gasteiger partial charge in [-0.1, -0.05) is 13.8 Å². The fourth-order valence-corrected chi connectivity index (χ4v) is 0.890. The molecule has 0 aromatic rings. The zero-order valence-corrected chi connectivity index (χ0v) is 9.38. The summed E-state index contributed by atoms with van der Waals surface area (Å²) in [5.74, 6) is -0.237. The number of hydrogen-bond donors (Lipinski definition) is 2. The Bertz CT molecular complexity index is 162. The summed E-state index contributed by atoms with van der Waals surface area (Å²) in [7, 11) is 0. The topological polar surface area (TPSA) is 64.3 Å². The van der Waals surface area contributed by atoms with Crippen molar-refractivity contribution in [2.45, 2.75) is 33.2 Å². The highest BCUT2D eigenvalue weighted by Crippen LogP contribution is 1.98. The maximum Gasteiger partial charge on any atom is 0.309 e. The van der Waals surface area contributed by atoms with Crippen molar-refractivity contribution in [1.82, 2.24) is 5.32 Å². The number of carbonyl (C=O) groups is 1. The van der Waals surface area contributed by atoms with Crippen LogP contribution in [0, 0.1) is 5.92 Å². The largest absolute Gasteiger partial charge is 0.465 e. The molecule has 0 aliphatic rings. The van der Waals surface area contributed by atoms with E-state index in [1.807, 2.05) is 20.8 Å². The van der Waals surface area contributed by atoms with E-state index in [1.54, 1.807) is 0 Å². The van der Waals surface area contributed by atoms with Gasteiger partial charge in [0.2, 0.25) is 0 Å². The van der Waals surface area contributed by atoms with Gasteiger partial charge < -0.3 is 15.8 Å². The predicted molar refractivity (Wildman–Crippen MR) is 56.9 cm³/mol. The molecule has 0 spiro atoms. The lowest BCUT2D eigenvalue weighted by molar-refractivity contribution is -0.147. The lowest BCUT2D eigenvalue weighted by atomic mass is 10.2. The molecule has 0 aliphatic carbocycles. The summed E-state index contributed by atoms with van der Waals surface area (Å²) < 4.78 is 5.01. The first kappa shape index (κ1) is 13.4. The van der Waals surface area contributed by atoms with Gasteiger partial charge in [0.05, 0.1) is 12.5 Å². The summed E-state index contributed by atoms with van der Waals surface area (Å²) >= 11 is 0. The van der Waals surface area contributed by atoms with Crippen LogP contribution in [0.25, 0.3) is 0 Å². The van der Waals surface area contributed by atoms with Gasteiger partial charge in [0.1, 0.15) is 0 Å². The number of esters is 1. The van der Waals surface area contributed by atoms with Gasteiger partial charge in [-0.25, -0.2) is 0 Å². The van der Waals surface area contributed by atoms with Crippen molar-refractivity contribution in [2.24, 2.45) is 11.7 Å². The third kappa shape index (κ3) is 5.94. The number of carbonyl (C=O) groups excluding carboxylic acids is 1. The highest BCUT2D eigenvalue weighted by Gasteiger charge is 2.14. The van der Waals surface area contributed by atoms with Crippen molar-refractivity contribution in [3.8, 4) is 0 Å². The predicted octanol–water partition coefficient (Wildman–Crippen LogP) is 0.513. The molecule has 0 aromatic heterocycles. The van der Waals surface area contributed by atoms with Crippen LogP contribution >= 0.6 is 0 Å². The molecule has 0 fully saturated rings. The van der Waals surface area contributed by atoms with Crippen molar-refractivity contribution in [3.63, 3.8) is 0 Å². The molecule has 84 valence electrons. The highest BCUT2D eigenvalue weighted by atomic mass is 16.5. The smallest absolute Gasteiger partial charge is 0.309 e. The van der Waals surface area contributed by atoms with Gasteiger partial charge in [0.25, 0.3) is 0 Å². The molecule has 0 amide bonds. The second kappa shape index (κ2) is 7.76. The zero-order chi connectivity index (χ0) is 11.0. The molecule has 0 radical (unpaired) electrons. The van der Waals surface area contributed by atoms with Crippen LogP contribution in [-0.4, -0.2) is 31.7 Å². The Balaban J connectivity index is 3.61. The quantitative estimate of drug-likeness (QED) is 0.590. The molecule has 4 nitrogen and oxygen atoms in total. The van der Waals surface area contributed by atoms with Crippen LogP contribution in [-0.2, 0) is 9.53 Å². The molecular weight excluding hydrogens is 180 g/mol. The minimum atomic E-state index is -0.136. The van der Waals surface area contributed by atoms with E-state index in [4.69, 9.17) is 10.5 Å². The van der Waals surface area contributed by atoms with Crippen LogP contribution in [0.4, 0.5) is 0 Å². The van der Waals surface area contributed by atoms with E-state index >= 15 is 0 Å². The average molecular weight is 202 g/mol. The molecule has 0 saturated heterocycles. The lowest BCUT2D eigenvalue weighted by Gasteiger charge is -2.15.